The summed E-state index contributed by atoms with van der Waals surface area (Å²) in [7, 11) is 1.51. The number of rotatable bonds is 5. The minimum absolute atomic E-state index is 0.0168. The van der Waals surface area contributed by atoms with Gasteiger partial charge in [-0.3, -0.25) is 4.79 Å². The second kappa shape index (κ2) is 7.17. The van der Waals surface area contributed by atoms with E-state index in [4.69, 9.17) is 14.6 Å². The van der Waals surface area contributed by atoms with E-state index in [2.05, 4.69) is 0 Å². The van der Waals surface area contributed by atoms with Crippen molar-refractivity contribution in [3.63, 3.8) is 0 Å². The predicted molar refractivity (Wildman–Crippen MR) is 63.5 cm³/mol. The summed E-state index contributed by atoms with van der Waals surface area (Å²) < 4.78 is 10.2. The van der Waals surface area contributed by atoms with Crippen molar-refractivity contribution in [3.05, 3.63) is 0 Å². The second-order valence-corrected chi connectivity index (χ2v) is 4.22. The van der Waals surface area contributed by atoms with Gasteiger partial charge >= 0.3 is 12.0 Å². The number of carbonyl (C=O) groups excluding carboxylic acids is 1. The Hall–Kier alpha value is -1.34. The molecule has 7 nitrogen and oxygen atoms in total. The van der Waals surface area contributed by atoms with Gasteiger partial charge in [-0.05, 0) is 6.92 Å². The zero-order valence-corrected chi connectivity index (χ0v) is 10.8. The second-order valence-electron chi connectivity index (χ2n) is 4.22. The van der Waals surface area contributed by atoms with E-state index in [1.165, 1.54) is 12.0 Å². The first kappa shape index (κ1) is 14.7. The first-order chi connectivity index (χ1) is 8.54. The average molecular weight is 260 g/mol. The Morgan fingerprint density at radius 2 is 2.28 bits per heavy atom. The number of ether oxygens (including phenoxy) is 2. The third kappa shape index (κ3) is 4.50. The largest absolute Gasteiger partial charge is 0.480 e. The van der Waals surface area contributed by atoms with Crippen LogP contribution in [0, 0.1) is 0 Å². The predicted octanol–water partition coefficient (Wildman–Crippen LogP) is -0.140. The SMILES string of the molecule is COCCN(CC(=O)O)C(=O)N1CCOC(C)C1. The standard InChI is InChI=1S/C11H20N2O5/c1-9-7-12(4-6-18-9)11(16)13(3-5-17-2)8-10(14)15/h9H,3-8H2,1-2H3,(H,14,15). The summed E-state index contributed by atoms with van der Waals surface area (Å²) in [4.78, 5) is 25.8. The molecule has 1 heterocycles. The Bertz CT molecular complexity index is 297. The highest BCUT2D eigenvalue weighted by Crippen LogP contribution is 2.08. The van der Waals surface area contributed by atoms with E-state index in [0.29, 0.717) is 26.3 Å². The highest BCUT2D eigenvalue weighted by atomic mass is 16.5. The number of amides is 2. The van der Waals surface area contributed by atoms with Crippen LogP contribution in [0.2, 0.25) is 0 Å². The van der Waals surface area contributed by atoms with E-state index >= 15 is 0 Å². The minimum Gasteiger partial charge on any atom is -0.480 e. The summed E-state index contributed by atoms with van der Waals surface area (Å²) in [5, 5.41) is 8.80. The molecule has 1 aliphatic heterocycles. The summed E-state index contributed by atoms with van der Waals surface area (Å²) in [6.07, 6.45) is -0.0168. The van der Waals surface area contributed by atoms with Crippen LogP contribution < -0.4 is 0 Å². The topological polar surface area (TPSA) is 79.3 Å². The van der Waals surface area contributed by atoms with Crippen LogP contribution in [0.1, 0.15) is 6.92 Å². The Labute approximate surface area is 106 Å². The molecule has 18 heavy (non-hydrogen) atoms. The van der Waals surface area contributed by atoms with Crippen LogP contribution >= 0.6 is 0 Å². The van der Waals surface area contributed by atoms with Gasteiger partial charge in [0, 0.05) is 26.7 Å². The van der Waals surface area contributed by atoms with Crippen molar-refractivity contribution in [2.45, 2.75) is 13.0 Å². The van der Waals surface area contributed by atoms with Gasteiger partial charge in [0.15, 0.2) is 0 Å². The van der Waals surface area contributed by atoms with Crippen molar-refractivity contribution in [3.8, 4) is 0 Å². The fraction of sp³-hybridized carbons (Fsp3) is 0.818. The highest BCUT2D eigenvalue weighted by Gasteiger charge is 2.26. The molecule has 0 saturated carbocycles. The van der Waals surface area contributed by atoms with Crippen LogP contribution in [0.25, 0.3) is 0 Å². The van der Waals surface area contributed by atoms with Gasteiger partial charge in [0.05, 0.1) is 19.3 Å². The van der Waals surface area contributed by atoms with Gasteiger partial charge in [-0.25, -0.2) is 4.79 Å². The van der Waals surface area contributed by atoms with Gasteiger partial charge in [0.25, 0.3) is 0 Å². The fourth-order valence-corrected chi connectivity index (χ4v) is 1.80. The van der Waals surface area contributed by atoms with Gasteiger partial charge < -0.3 is 24.4 Å². The van der Waals surface area contributed by atoms with Gasteiger partial charge in [-0.15, -0.1) is 0 Å². The summed E-state index contributed by atoms with van der Waals surface area (Å²) in [5.41, 5.74) is 0. The number of carboxylic acids is 1. The number of aliphatic carboxylic acids is 1. The first-order valence-corrected chi connectivity index (χ1v) is 5.90. The maximum absolute atomic E-state index is 12.2. The molecule has 1 fully saturated rings. The van der Waals surface area contributed by atoms with Gasteiger partial charge in [-0.1, -0.05) is 0 Å². The van der Waals surface area contributed by atoms with Crippen molar-refractivity contribution in [2.24, 2.45) is 0 Å². The number of hydrogen-bond acceptors (Lipinski definition) is 4. The molecule has 1 atom stereocenters. The van der Waals surface area contributed by atoms with Crippen molar-refractivity contribution >= 4 is 12.0 Å². The Balaban J connectivity index is 2.58. The molecule has 7 heteroatoms. The molecule has 1 aliphatic rings. The smallest absolute Gasteiger partial charge is 0.323 e. The monoisotopic (exact) mass is 260 g/mol. The molecule has 1 unspecified atom stereocenters. The molecule has 2 amide bonds. The number of carbonyl (C=O) groups is 2. The van der Waals surface area contributed by atoms with Crippen LogP contribution in [0.3, 0.4) is 0 Å². The van der Waals surface area contributed by atoms with Crippen molar-refractivity contribution in [1.82, 2.24) is 9.80 Å². The van der Waals surface area contributed by atoms with E-state index in [0.717, 1.165) is 0 Å². The minimum atomic E-state index is -1.03. The quantitative estimate of drug-likeness (QED) is 0.744. The van der Waals surface area contributed by atoms with Crippen molar-refractivity contribution in [2.75, 3.05) is 46.5 Å². The number of hydrogen-bond donors (Lipinski definition) is 1. The zero-order chi connectivity index (χ0) is 13.5. The lowest BCUT2D eigenvalue weighted by Gasteiger charge is -2.34. The maximum Gasteiger partial charge on any atom is 0.323 e. The summed E-state index contributed by atoms with van der Waals surface area (Å²) in [5.74, 6) is -1.03. The van der Waals surface area contributed by atoms with Gasteiger partial charge in [0.2, 0.25) is 0 Å². The van der Waals surface area contributed by atoms with Crippen LogP contribution in [0.4, 0.5) is 4.79 Å². The van der Waals surface area contributed by atoms with E-state index in [1.54, 1.807) is 4.90 Å². The first-order valence-electron chi connectivity index (χ1n) is 5.90. The van der Waals surface area contributed by atoms with E-state index in [-0.39, 0.29) is 25.2 Å². The number of nitrogens with zero attached hydrogens (tertiary/aromatic N) is 2. The molecule has 1 saturated heterocycles. The molecule has 0 aromatic carbocycles. The maximum atomic E-state index is 12.2. The fourth-order valence-electron chi connectivity index (χ4n) is 1.80. The number of methoxy groups -OCH3 is 1. The normalized spacial score (nSPS) is 19.7. The number of carboxylic acid groups (broad SMARTS) is 1. The Morgan fingerprint density at radius 3 is 2.83 bits per heavy atom. The van der Waals surface area contributed by atoms with E-state index in [9.17, 15) is 9.59 Å². The lowest BCUT2D eigenvalue weighted by molar-refractivity contribution is -0.138. The average Bonchev–Trinajstić information content (AvgIpc) is 2.33. The summed E-state index contributed by atoms with van der Waals surface area (Å²) in [6, 6.07) is -0.274. The Kier molecular flexibility index (Phi) is 5.87. The third-order valence-corrected chi connectivity index (χ3v) is 2.67. The van der Waals surface area contributed by atoms with Crippen LogP contribution in [0.15, 0.2) is 0 Å². The molecule has 0 bridgehead atoms. The molecule has 104 valence electrons. The van der Waals surface area contributed by atoms with Crippen molar-refractivity contribution < 1.29 is 24.2 Å². The molecular formula is C11H20N2O5. The Morgan fingerprint density at radius 1 is 1.56 bits per heavy atom. The lowest BCUT2D eigenvalue weighted by atomic mass is 10.3. The van der Waals surface area contributed by atoms with Crippen LogP contribution in [-0.2, 0) is 14.3 Å². The van der Waals surface area contributed by atoms with Crippen LogP contribution in [0.5, 0.6) is 0 Å². The highest BCUT2D eigenvalue weighted by molar-refractivity contribution is 5.80. The van der Waals surface area contributed by atoms with Gasteiger partial charge in [-0.2, -0.15) is 0 Å². The van der Waals surface area contributed by atoms with Gasteiger partial charge in [0.1, 0.15) is 6.54 Å². The van der Waals surface area contributed by atoms with Crippen LogP contribution in [-0.4, -0.2) is 79.5 Å². The molecule has 0 spiro atoms. The third-order valence-electron chi connectivity index (χ3n) is 2.67. The molecule has 0 aromatic heterocycles. The van der Waals surface area contributed by atoms with E-state index in [1.807, 2.05) is 6.92 Å². The molecule has 0 aromatic rings. The number of morpholine rings is 1. The lowest BCUT2D eigenvalue weighted by Crippen LogP contribution is -2.52. The molecular weight excluding hydrogens is 240 g/mol. The zero-order valence-electron chi connectivity index (χ0n) is 10.8. The molecule has 0 radical (unpaired) electrons. The summed E-state index contributed by atoms with van der Waals surface area (Å²) in [6.45, 7) is 3.63. The molecule has 0 aliphatic carbocycles. The van der Waals surface area contributed by atoms with E-state index < -0.39 is 5.97 Å². The molecule has 1 rings (SSSR count). The summed E-state index contributed by atoms with van der Waals surface area (Å²) >= 11 is 0. The molecule has 1 N–H and O–H groups in total. The number of urea groups is 1. The van der Waals surface area contributed by atoms with Crippen molar-refractivity contribution in [1.29, 1.82) is 0 Å².